The highest BCUT2D eigenvalue weighted by atomic mass is 35.5. The number of rotatable bonds is 5. The van der Waals surface area contributed by atoms with E-state index in [0.717, 1.165) is 16.9 Å². The van der Waals surface area contributed by atoms with Crippen LogP contribution < -0.4 is 15.4 Å². The van der Waals surface area contributed by atoms with Crippen molar-refractivity contribution in [2.75, 3.05) is 18.5 Å². The predicted molar refractivity (Wildman–Crippen MR) is 89.8 cm³/mol. The van der Waals surface area contributed by atoms with Crippen molar-refractivity contribution in [1.82, 2.24) is 5.32 Å². The minimum atomic E-state index is -0.528. The number of carbonyl (C=O) groups excluding carboxylic acids is 1. The van der Waals surface area contributed by atoms with E-state index < -0.39 is 11.8 Å². The summed E-state index contributed by atoms with van der Waals surface area (Å²) in [6, 6.07) is 9.51. The van der Waals surface area contributed by atoms with Gasteiger partial charge in [0.05, 0.1) is 11.6 Å². The third-order valence-corrected chi connectivity index (χ3v) is 3.32. The van der Waals surface area contributed by atoms with E-state index in [1.54, 1.807) is 0 Å². The normalized spacial score (nSPS) is 10.3. The molecule has 2 rings (SSSR count). The number of aryl methyl sites for hydroxylation is 2. The molecule has 122 valence electrons. The van der Waals surface area contributed by atoms with Gasteiger partial charge in [-0.15, -0.1) is 0 Å². The highest BCUT2D eigenvalue weighted by Gasteiger charge is 2.05. The Kier molecular flexibility index (Phi) is 5.82. The lowest BCUT2D eigenvalue weighted by molar-refractivity contribution is 0.247. The zero-order chi connectivity index (χ0) is 16.8. The minimum Gasteiger partial charge on any atom is -0.492 e. The summed E-state index contributed by atoms with van der Waals surface area (Å²) in [5.41, 5.74) is 2.67. The number of ether oxygens (including phenoxy) is 1. The predicted octanol–water partition coefficient (Wildman–Crippen LogP) is 4.30. The zero-order valence-electron chi connectivity index (χ0n) is 13.0. The first-order valence-corrected chi connectivity index (χ1v) is 7.53. The second kappa shape index (κ2) is 7.83. The Morgan fingerprint density at radius 1 is 1.17 bits per heavy atom. The molecule has 0 saturated carbocycles. The number of hydrogen-bond acceptors (Lipinski definition) is 2. The standard InChI is InChI=1S/C17H18ClFN2O2/c1-11-7-12(2)9-14(8-11)23-6-5-20-17(22)21-13-3-4-16(19)15(18)10-13/h3-4,7-10H,5-6H2,1-2H3,(H2,20,21,22). The van der Waals surface area contributed by atoms with Gasteiger partial charge in [-0.1, -0.05) is 17.7 Å². The number of amides is 2. The Morgan fingerprint density at radius 2 is 1.87 bits per heavy atom. The average molecular weight is 337 g/mol. The fourth-order valence-corrected chi connectivity index (χ4v) is 2.28. The van der Waals surface area contributed by atoms with Crippen molar-refractivity contribution in [3.8, 4) is 5.75 Å². The lowest BCUT2D eigenvalue weighted by Crippen LogP contribution is -2.32. The highest BCUT2D eigenvalue weighted by Crippen LogP contribution is 2.19. The van der Waals surface area contributed by atoms with Gasteiger partial charge in [-0.05, 0) is 55.3 Å². The largest absolute Gasteiger partial charge is 0.492 e. The SMILES string of the molecule is Cc1cc(C)cc(OCCNC(=O)Nc2ccc(F)c(Cl)c2)c1. The molecule has 2 N–H and O–H groups in total. The molecule has 4 nitrogen and oxygen atoms in total. The Bertz CT molecular complexity index is 687. The molecule has 0 fully saturated rings. The first kappa shape index (κ1) is 17.1. The van der Waals surface area contributed by atoms with Crippen molar-refractivity contribution in [3.63, 3.8) is 0 Å². The van der Waals surface area contributed by atoms with Gasteiger partial charge in [-0.25, -0.2) is 9.18 Å². The first-order valence-electron chi connectivity index (χ1n) is 7.15. The van der Waals surface area contributed by atoms with Gasteiger partial charge >= 0.3 is 6.03 Å². The van der Waals surface area contributed by atoms with E-state index in [9.17, 15) is 9.18 Å². The number of carbonyl (C=O) groups is 1. The molecule has 23 heavy (non-hydrogen) atoms. The minimum absolute atomic E-state index is 0.0408. The molecule has 6 heteroatoms. The van der Waals surface area contributed by atoms with Gasteiger partial charge in [0.1, 0.15) is 18.2 Å². The molecule has 2 aromatic carbocycles. The van der Waals surface area contributed by atoms with Crippen LogP contribution in [0.5, 0.6) is 5.75 Å². The lowest BCUT2D eigenvalue weighted by atomic mass is 10.1. The van der Waals surface area contributed by atoms with Gasteiger partial charge in [-0.3, -0.25) is 0 Å². The molecule has 0 saturated heterocycles. The third-order valence-electron chi connectivity index (χ3n) is 3.03. The van der Waals surface area contributed by atoms with E-state index in [-0.39, 0.29) is 5.02 Å². The maximum absolute atomic E-state index is 13.0. The first-order chi connectivity index (χ1) is 10.9. The van der Waals surface area contributed by atoms with Gasteiger partial charge in [0, 0.05) is 5.69 Å². The smallest absolute Gasteiger partial charge is 0.319 e. The molecular formula is C17H18ClFN2O2. The van der Waals surface area contributed by atoms with Crippen molar-refractivity contribution >= 4 is 23.3 Å². The van der Waals surface area contributed by atoms with Crippen LogP contribution in [0.15, 0.2) is 36.4 Å². The van der Waals surface area contributed by atoms with Crippen molar-refractivity contribution in [2.45, 2.75) is 13.8 Å². The number of nitrogens with one attached hydrogen (secondary N) is 2. The van der Waals surface area contributed by atoms with E-state index in [1.165, 1.54) is 18.2 Å². The molecule has 0 radical (unpaired) electrons. The molecule has 0 aliphatic heterocycles. The van der Waals surface area contributed by atoms with Gasteiger partial charge in [0.25, 0.3) is 0 Å². The molecule has 0 bridgehead atoms. The number of urea groups is 1. The second-order valence-corrected chi connectivity index (χ2v) is 5.59. The Morgan fingerprint density at radius 3 is 2.52 bits per heavy atom. The third kappa shape index (κ3) is 5.45. The van der Waals surface area contributed by atoms with Crippen molar-refractivity contribution < 1.29 is 13.9 Å². The summed E-state index contributed by atoms with van der Waals surface area (Å²) in [6.07, 6.45) is 0. The lowest BCUT2D eigenvalue weighted by Gasteiger charge is -2.10. The van der Waals surface area contributed by atoms with E-state index in [0.29, 0.717) is 18.8 Å². The summed E-state index contributed by atoms with van der Waals surface area (Å²) in [5.74, 6) is 0.245. The van der Waals surface area contributed by atoms with Crippen LogP contribution in [-0.2, 0) is 0 Å². The Labute approximate surface area is 139 Å². The molecule has 0 aliphatic rings. The van der Waals surface area contributed by atoms with E-state index >= 15 is 0 Å². The summed E-state index contributed by atoms with van der Waals surface area (Å²) < 4.78 is 18.6. The summed E-state index contributed by atoms with van der Waals surface area (Å²) in [4.78, 5) is 11.7. The maximum Gasteiger partial charge on any atom is 0.319 e. The van der Waals surface area contributed by atoms with Crippen LogP contribution >= 0.6 is 11.6 Å². The van der Waals surface area contributed by atoms with Crippen molar-refractivity contribution in [1.29, 1.82) is 0 Å². The fourth-order valence-electron chi connectivity index (χ4n) is 2.10. The number of benzene rings is 2. The molecular weight excluding hydrogens is 319 g/mol. The molecule has 0 atom stereocenters. The van der Waals surface area contributed by atoms with Crippen molar-refractivity contribution in [2.24, 2.45) is 0 Å². The van der Waals surface area contributed by atoms with Crippen LogP contribution in [0.3, 0.4) is 0 Å². The maximum atomic E-state index is 13.0. The van der Waals surface area contributed by atoms with Crippen LogP contribution in [0.1, 0.15) is 11.1 Å². The van der Waals surface area contributed by atoms with Crippen molar-refractivity contribution in [3.05, 3.63) is 58.4 Å². The topological polar surface area (TPSA) is 50.4 Å². The second-order valence-electron chi connectivity index (χ2n) is 5.18. The van der Waals surface area contributed by atoms with E-state index in [1.807, 2.05) is 26.0 Å². The number of anilines is 1. The zero-order valence-corrected chi connectivity index (χ0v) is 13.7. The average Bonchev–Trinajstić information content (AvgIpc) is 2.46. The van der Waals surface area contributed by atoms with Crippen LogP contribution in [0.2, 0.25) is 5.02 Å². The van der Waals surface area contributed by atoms with Gasteiger partial charge in [0.15, 0.2) is 0 Å². The van der Waals surface area contributed by atoms with Crippen LogP contribution in [0.4, 0.5) is 14.9 Å². The van der Waals surface area contributed by atoms with Crippen LogP contribution in [0, 0.1) is 19.7 Å². The van der Waals surface area contributed by atoms with Crippen LogP contribution in [0.25, 0.3) is 0 Å². The van der Waals surface area contributed by atoms with Crippen LogP contribution in [-0.4, -0.2) is 19.2 Å². The summed E-state index contributed by atoms with van der Waals surface area (Å²) >= 11 is 5.65. The van der Waals surface area contributed by atoms with E-state index in [2.05, 4.69) is 16.7 Å². The molecule has 0 aliphatic carbocycles. The number of halogens is 2. The van der Waals surface area contributed by atoms with Gasteiger partial charge < -0.3 is 15.4 Å². The Hall–Kier alpha value is -2.27. The quantitative estimate of drug-likeness (QED) is 0.800. The molecule has 0 unspecified atom stereocenters. The monoisotopic (exact) mass is 336 g/mol. The van der Waals surface area contributed by atoms with Gasteiger partial charge in [-0.2, -0.15) is 0 Å². The molecule has 0 spiro atoms. The highest BCUT2D eigenvalue weighted by molar-refractivity contribution is 6.31. The molecule has 2 amide bonds. The molecule has 0 aromatic heterocycles. The summed E-state index contributed by atoms with van der Waals surface area (Å²) in [6.45, 7) is 4.69. The van der Waals surface area contributed by atoms with Gasteiger partial charge in [0.2, 0.25) is 0 Å². The fraction of sp³-hybridized carbons (Fsp3) is 0.235. The molecule has 2 aromatic rings. The Balaban J connectivity index is 1.75. The molecule has 0 heterocycles. The number of hydrogen-bond donors (Lipinski definition) is 2. The van der Waals surface area contributed by atoms with E-state index in [4.69, 9.17) is 16.3 Å². The summed E-state index contributed by atoms with van der Waals surface area (Å²) in [5, 5.41) is 5.18. The summed E-state index contributed by atoms with van der Waals surface area (Å²) in [7, 11) is 0.